The van der Waals surface area contributed by atoms with Gasteiger partial charge in [0.2, 0.25) is 0 Å². The minimum absolute atomic E-state index is 0.0423. The standard InChI is InChI=1S/C26H50O2/c1-4-7-9-10-11-12-13-14-15-16-17-18-19-20-22-24-26(27)28-25(6-3)23-21-8-5-2/h23H,4-22,24H2,1-3H3. The van der Waals surface area contributed by atoms with E-state index in [1.54, 1.807) is 0 Å². The van der Waals surface area contributed by atoms with E-state index < -0.39 is 0 Å². The van der Waals surface area contributed by atoms with Crippen LogP contribution in [0.1, 0.15) is 149 Å². The largest absolute Gasteiger partial charge is 0.431 e. The quantitative estimate of drug-likeness (QED) is 0.110. The fourth-order valence-electron chi connectivity index (χ4n) is 3.56. The van der Waals surface area contributed by atoms with Crippen LogP contribution in [0.5, 0.6) is 0 Å². The normalized spacial score (nSPS) is 11.8. The number of rotatable bonds is 21. The molecule has 0 fully saturated rings. The molecule has 0 aliphatic carbocycles. The number of ether oxygens (including phenoxy) is 1. The van der Waals surface area contributed by atoms with Crippen LogP contribution in [0.15, 0.2) is 11.8 Å². The Balaban J connectivity index is 3.36. The van der Waals surface area contributed by atoms with Gasteiger partial charge in [0.1, 0.15) is 5.76 Å². The SMILES string of the molecule is CCCCC=C(CC)OC(=O)CCCCCCCCCCCCCCCCC. The average molecular weight is 395 g/mol. The molecule has 0 saturated heterocycles. The molecular weight excluding hydrogens is 344 g/mol. The number of allylic oxidation sites excluding steroid dienone is 2. The molecule has 0 N–H and O–H groups in total. The van der Waals surface area contributed by atoms with Gasteiger partial charge in [-0.1, -0.05) is 117 Å². The van der Waals surface area contributed by atoms with Crippen molar-refractivity contribution >= 4 is 5.97 Å². The van der Waals surface area contributed by atoms with E-state index in [1.165, 1.54) is 96.3 Å². The Labute approximate surface area is 176 Å². The molecule has 0 aliphatic heterocycles. The Bertz CT molecular complexity index is 359. The summed E-state index contributed by atoms with van der Waals surface area (Å²) in [4.78, 5) is 11.9. The zero-order chi connectivity index (χ0) is 20.7. The smallest absolute Gasteiger partial charge is 0.310 e. The summed E-state index contributed by atoms with van der Waals surface area (Å²) in [6, 6.07) is 0. The van der Waals surface area contributed by atoms with Crippen LogP contribution in [0, 0.1) is 0 Å². The van der Waals surface area contributed by atoms with Gasteiger partial charge in [0.15, 0.2) is 0 Å². The Kier molecular flexibility index (Phi) is 21.9. The van der Waals surface area contributed by atoms with Crippen LogP contribution >= 0.6 is 0 Å². The van der Waals surface area contributed by atoms with Crippen LogP contribution in [0.4, 0.5) is 0 Å². The average Bonchev–Trinajstić information content (AvgIpc) is 2.70. The van der Waals surface area contributed by atoms with Crippen LogP contribution < -0.4 is 0 Å². The van der Waals surface area contributed by atoms with E-state index in [1.807, 2.05) is 0 Å². The summed E-state index contributed by atoms with van der Waals surface area (Å²) < 4.78 is 5.49. The summed E-state index contributed by atoms with van der Waals surface area (Å²) in [7, 11) is 0. The highest BCUT2D eigenvalue weighted by Gasteiger charge is 2.05. The first-order chi connectivity index (χ1) is 13.7. The van der Waals surface area contributed by atoms with Crippen molar-refractivity contribution in [1.82, 2.24) is 0 Å². The molecule has 166 valence electrons. The van der Waals surface area contributed by atoms with Crippen molar-refractivity contribution in [3.05, 3.63) is 11.8 Å². The maximum Gasteiger partial charge on any atom is 0.310 e. The minimum atomic E-state index is -0.0423. The highest BCUT2D eigenvalue weighted by atomic mass is 16.5. The van der Waals surface area contributed by atoms with Gasteiger partial charge in [-0.3, -0.25) is 4.79 Å². The molecule has 0 heterocycles. The number of hydrogen-bond donors (Lipinski definition) is 0. The predicted octanol–water partition coefficient (Wildman–Crippen LogP) is 9.28. The molecule has 0 bridgehead atoms. The Hall–Kier alpha value is -0.790. The number of hydrogen-bond acceptors (Lipinski definition) is 2. The monoisotopic (exact) mass is 394 g/mol. The molecule has 0 amide bonds. The number of carbonyl (C=O) groups is 1. The molecule has 0 aliphatic rings. The third kappa shape index (κ3) is 20.0. The van der Waals surface area contributed by atoms with Crippen molar-refractivity contribution in [2.75, 3.05) is 0 Å². The van der Waals surface area contributed by atoms with Crippen LogP contribution in [-0.4, -0.2) is 5.97 Å². The van der Waals surface area contributed by atoms with Gasteiger partial charge in [-0.05, 0) is 25.3 Å². The van der Waals surface area contributed by atoms with E-state index in [0.717, 1.165) is 31.4 Å². The molecule has 0 aromatic carbocycles. The predicted molar refractivity (Wildman–Crippen MR) is 124 cm³/mol. The van der Waals surface area contributed by atoms with Crippen LogP contribution in [0.2, 0.25) is 0 Å². The van der Waals surface area contributed by atoms with E-state index in [4.69, 9.17) is 4.74 Å². The Morgan fingerprint density at radius 2 is 1.04 bits per heavy atom. The van der Waals surface area contributed by atoms with Gasteiger partial charge in [0.05, 0.1) is 0 Å². The van der Waals surface area contributed by atoms with Gasteiger partial charge in [-0.15, -0.1) is 0 Å². The molecular formula is C26H50O2. The lowest BCUT2D eigenvalue weighted by molar-refractivity contribution is -0.139. The van der Waals surface area contributed by atoms with Gasteiger partial charge in [-0.25, -0.2) is 0 Å². The molecule has 28 heavy (non-hydrogen) atoms. The number of esters is 1. The molecule has 0 rings (SSSR count). The molecule has 2 nitrogen and oxygen atoms in total. The Morgan fingerprint density at radius 3 is 1.46 bits per heavy atom. The van der Waals surface area contributed by atoms with Crippen LogP contribution in [0.3, 0.4) is 0 Å². The molecule has 0 aromatic heterocycles. The van der Waals surface area contributed by atoms with Crippen molar-refractivity contribution < 1.29 is 9.53 Å². The molecule has 0 radical (unpaired) electrons. The van der Waals surface area contributed by atoms with E-state index in [0.29, 0.717) is 6.42 Å². The lowest BCUT2D eigenvalue weighted by Gasteiger charge is -2.07. The molecule has 0 aromatic rings. The molecule has 0 atom stereocenters. The van der Waals surface area contributed by atoms with Crippen molar-refractivity contribution in [2.45, 2.75) is 149 Å². The van der Waals surface area contributed by atoms with Crippen molar-refractivity contribution in [3.8, 4) is 0 Å². The zero-order valence-electron chi connectivity index (χ0n) is 19.5. The maximum absolute atomic E-state index is 11.9. The van der Waals surface area contributed by atoms with E-state index in [-0.39, 0.29) is 5.97 Å². The second-order valence-electron chi connectivity index (χ2n) is 8.34. The number of carbonyl (C=O) groups excluding carboxylic acids is 1. The van der Waals surface area contributed by atoms with Crippen LogP contribution in [0.25, 0.3) is 0 Å². The lowest BCUT2D eigenvalue weighted by atomic mass is 10.0. The summed E-state index contributed by atoms with van der Waals surface area (Å²) in [5, 5.41) is 0. The van der Waals surface area contributed by atoms with Crippen LogP contribution in [-0.2, 0) is 9.53 Å². The van der Waals surface area contributed by atoms with Gasteiger partial charge in [0.25, 0.3) is 0 Å². The second kappa shape index (κ2) is 22.5. The first-order valence-corrected chi connectivity index (χ1v) is 12.6. The highest BCUT2D eigenvalue weighted by molar-refractivity contribution is 5.70. The van der Waals surface area contributed by atoms with Gasteiger partial charge in [-0.2, -0.15) is 0 Å². The van der Waals surface area contributed by atoms with Crippen molar-refractivity contribution in [2.24, 2.45) is 0 Å². The third-order valence-electron chi connectivity index (χ3n) is 5.51. The zero-order valence-corrected chi connectivity index (χ0v) is 19.5. The summed E-state index contributed by atoms with van der Waals surface area (Å²) in [6.45, 7) is 6.52. The minimum Gasteiger partial charge on any atom is -0.431 e. The Morgan fingerprint density at radius 1 is 0.607 bits per heavy atom. The topological polar surface area (TPSA) is 26.3 Å². The van der Waals surface area contributed by atoms with Gasteiger partial charge < -0.3 is 4.74 Å². The second-order valence-corrected chi connectivity index (χ2v) is 8.34. The number of unbranched alkanes of at least 4 members (excludes halogenated alkanes) is 16. The fourth-order valence-corrected chi connectivity index (χ4v) is 3.56. The van der Waals surface area contributed by atoms with Crippen molar-refractivity contribution in [1.29, 1.82) is 0 Å². The summed E-state index contributed by atoms with van der Waals surface area (Å²) >= 11 is 0. The summed E-state index contributed by atoms with van der Waals surface area (Å²) in [5.41, 5.74) is 0. The van der Waals surface area contributed by atoms with Gasteiger partial charge >= 0.3 is 5.97 Å². The third-order valence-corrected chi connectivity index (χ3v) is 5.51. The summed E-state index contributed by atoms with van der Waals surface area (Å²) in [6.07, 6.45) is 27.1. The van der Waals surface area contributed by atoms with Gasteiger partial charge in [0, 0.05) is 12.8 Å². The van der Waals surface area contributed by atoms with Crippen molar-refractivity contribution in [3.63, 3.8) is 0 Å². The van der Waals surface area contributed by atoms with E-state index in [2.05, 4.69) is 26.8 Å². The molecule has 2 heteroatoms. The maximum atomic E-state index is 11.9. The molecule has 0 saturated carbocycles. The molecule has 0 spiro atoms. The first kappa shape index (κ1) is 27.2. The van der Waals surface area contributed by atoms with E-state index in [9.17, 15) is 4.79 Å². The summed E-state index contributed by atoms with van der Waals surface area (Å²) in [5.74, 6) is 0.818. The van der Waals surface area contributed by atoms with E-state index >= 15 is 0 Å². The first-order valence-electron chi connectivity index (χ1n) is 12.6. The lowest BCUT2D eigenvalue weighted by Crippen LogP contribution is -2.04. The molecule has 0 unspecified atom stereocenters. The highest BCUT2D eigenvalue weighted by Crippen LogP contribution is 2.14. The fraction of sp³-hybridized carbons (Fsp3) is 0.885.